The van der Waals surface area contributed by atoms with Gasteiger partial charge in [-0.1, -0.05) is 11.6 Å². The molecule has 0 fully saturated rings. The summed E-state index contributed by atoms with van der Waals surface area (Å²) in [5.41, 5.74) is 1.23. The van der Waals surface area contributed by atoms with Gasteiger partial charge >= 0.3 is 0 Å². The van der Waals surface area contributed by atoms with Gasteiger partial charge in [0.25, 0.3) is 0 Å². The molecular weight excluding hydrogens is 272 g/mol. The number of hydrogen-bond donors (Lipinski definition) is 0. The molecule has 0 amide bonds. The largest absolute Gasteiger partial charge is 0.289 e. The molecule has 0 atom stereocenters. The Hall–Kier alpha value is -1.79. The molecule has 3 heterocycles. The summed E-state index contributed by atoms with van der Waals surface area (Å²) in [4.78, 5) is 20.2. The minimum Gasteiger partial charge on any atom is -0.289 e. The summed E-state index contributed by atoms with van der Waals surface area (Å²) in [7, 11) is 0. The molecule has 7 heteroatoms. The van der Waals surface area contributed by atoms with Gasteiger partial charge in [0.2, 0.25) is 5.13 Å². The first kappa shape index (κ1) is 11.3. The second-order valence-electron chi connectivity index (χ2n) is 3.73. The van der Waals surface area contributed by atoms with Crippen molar-refractivity contribution < 1.29 is 0 Å². The average Bonchev–Trinajstić information content (AvgIpc) is 2.81. The van der Waals surface area contributed by atoms with Crippen molar-refractivity contribution in [3.05, 3.63) is 45.6 Å². The molecule has 0 bridgehead atoms. The fourth-order valence-corrected chi connectivity index (χ4v) is 2.58. The lowest BCUT2D eigenvalue weighted by Crippen LogP contribution is -2.09. The first-order chi connectivity index (χ1) is 8.66. The zero-order valence-corrected chi connectivity index (χ0v) is 10.9. The van der Waals surface area contributed by atoms with Crippen LogP contribution in [0.4, 0.5) is 0 Å². The van der Waals surface area contributed by atoms with Crippen LogP contribution in [0.3, 0.4) is 0 Å². The molecule has 3 aromatic heterocycles. The number of hydrogen-bond acceptors (Lipinski definition) is 5. The van der Waals surface area contributed by atoms with Gasteiger partial charge in [-0.25, -0.2) is 9.97 Å². The molecule has 0 aromatic carbocycles. The Morgan fingerprint density at radius 3 is 3.00 bits per heavy atom. The topological polar surface area (TPSA) is 60.7 Å². The zero-order valence-electron chi connectivity index (χ0n) is 9.29. The van der Waals surface area contributed by atoms with Gasteiger partial charge in [-0.2, -0.15) is 4.37 Å². The van der Waals surface area contributed by atoms with Gasteiger partial charge < -0.3 is 0 Å². The molecule has 5 nitrogen and oxygen atoms in total. The van der Waals surface area contributed by atoms with E-state index >= 15 is 0 Å². The lowest BCUT2D eigenvalue weighted by molar-refractivity contribution is 1.03. The van der Waals surface area contributed by atoms with E-state index in [1.807, 2.05) is 6.92 Å². The minimum absolute atomic E-state index is 0.0765. The minimum atomic E-state index is -0.0765. The van der Waals surface area contributed by atoms with Crippen LogP contribution in [0.15, 0.2) is 29.5 Å². The molecular formula is C11H7ClN4OS. The van der Waals surface area contributed by atoms with Crippen molar-refractivity contribution in [2.45, 2.75) is 6.92 Å². The van der Waals surface area contributed by atoms with Crippen LogP contribution in [0.2, 0.25) is 5.15 Å². The molecule has 90 valence electrons. The fourth-order valence-electron chi connectivity index (χ4n) is 1.82. The maximum atomic E-state index is 11.9. The lowest BCUT2D eigenvalue weighted by atomic mass is 10.2. The Balaban J connectivity index is 2.49. The van der Waals surface area contributed by atoms with E-state index in [4.69, 9.17) is 11.6 Å². The molecule has 3 aromatic rings. The van der Waals surface area contributed by atoms with Crippen LogP contribution in [-0.2, 0) is 0 Å². The highest BCUT2D eigenvalue weighted by Crippen LogP contribution is 2.20. The molecule has 0 radical (unpaired) electrons. The van der Waals surface area contributed by atoms with Crippen molar-refractivity contribution in [3.63, 3.8) is 0 Å². The van der Waals surface area contributed by atoms with E-state index in [1.54, 1.807) is 16.8 Å². The number of pyridine rings is 2. The first-order valence-electron chi connectivity index (χ1n) is 5.12. The van der Waals surface area contributed by atoms with E-state index in [-0.39, 0.29) is 5.43 Å². The highest BCUT2D eigenvalue weighted by Gasteiger charge is 2.11. The van der Waals surface area contributed by atoms with E-state index in [0.29, 0.717) is 21.3 Å². The Morgan fingerprint density at radius 2 is 2.28 bits per heavy atom. The second kappa shape index (κ2) is 4.15. The highest BCUT2D eigenvalue weighted by atomic mass is 35.5. The Morgan fingerprint density at radius 1 is 1.44 bits per heavy atom. The average molecular weight is 279 g/mol. The van der Waals surface area contributed by atoms with Crippen LogP contribution < -0.4 is 5.43 Å². The standard InChI is InChI=1S/C11H7ClN4OS/c1-6-4-8(12)15-10-9(6)7(17)2-3-16(10)11-13-5-14-18-11/h2-5H,1H3. The number of halogens is 1. The Bertz CT molecular complexity index is 782. The van der Waals surface area contributed by atoms with Crippen LogP contribution in [0.5, 0.6) is 0 Å². The van der Waals surface area contributed by atoms with Crippen molar-refractivity contribution in [1.29, 1.82) is 0 Å². The molecule has 0 aliphatic rings. The summed E-state index contributed by atoms with van der Waals surface area (Å²) in [5.74, 6) is 0. The third-order valence-corrected chi connectivity index (χ3v) is 3.43. The summed E-state index contributed by atoms with van der Waals surface area (Å²) in [6, 6.07) is 3.17. The van der Waals surface area contributed by atoms with Crippen molar-refractivity contribution in [2.24, 2.45) is 0 Å². The predicted molar refractivity (Wildman–Crippen MR) is 70.6 cm³/mol. The zero-order chi connectivity index (χ0) is 12.7. The van der Waals surface area contributed by atoms with Crippen LogP contribution in [0, 0.1) is 6.92 Å². The fraction of sp³-hybridized carbons (Fsp3) is 0.0909. The summed E-state index contributed by atoms with van der Waals surface area (Å²) < 4.78 is 5.66. The summed E-state index contributed by atoms with van der Waals surface area (Å²) in [6.45, 7) is 1.84. The molecule has 0 aliphatic heterocycles. The van der Waals surface area contributed by atoms with Gasteiger partial charge in [-0.15, -0.1) is 0 Å². The molecule has 0 unspecified atom stereocenters. The number of nitrogens with zero attached hydrogens (tertiary/aromatic N) is 4. The number of aryl methyl sites for hydroxylation is 1. The van der Waals surface area contributed by atoms with Gasteiger partial charge in [0.15, 0.2) is 11.1 Å². The van der Waals surface area contributed by atoms with Crippen LogP contribution in [0.1, 0.15) is 5.56 Å². The summed E-state index contributed by atoms with van der Waals surface area (Å²) in [6.07, 6.45) is 3.09. The van der Waals surface area contributed by atoms with Gasteiger partial charge in [-0.3, -0.25) is 9.36 Å². The van der Waals surface area contributed by atoms with Gasteiger partial charge in [0, 0.05) is 23.8 Å². The van der Waals surface area contributed by atoms with Crippen molar-refractivity contribution in [1.82, 2.24) is 18.9 Å². The molecule has 3 rings (SSSR count). The van der Waals surface area contributed by atoms with Crippen LogP contribution in [-0.4, -0.2) is 18.9 Å². The Labute approximate surface area is 111 Å². The van der Waals surface area contributed by atoms with Crippen molar-refractivity contribution in [2.75, 3.05) is 0 Å². The van der Waals surface area contributed by atoms with E-state index in [2.05, 4.69) is 14.3 Å². The normalized spacial score (nSPS) is 11.0. The van der Waals surface area contributed by atoms with Crippen molar-refractivity contribution >= 4 is 34.2 Å². The van der Waals surface area contributed by atoms with E-state index < -0.39 is 0 Å². The molecule has 0 aliphatic carbocycles. The SMILES string of the molecule is Cc1cc(Cl)nc2c1c(=O)ccn2-c1ncns1. The molecule has 18 heavy (non-hydrogen) atoms. The van der Waals surface area contributed by atoms with Crippen LogP contribution >= 0.6 is 23.1 Å². The third-order valence-electron chi connectivity index (χ3n) is 2.57. The third kappa shape index (κ3) is 1.70. The molecule has 0 N–H and O–H groups in total. The second-order valence-corrected chi connectivity index (χ2v) is 4.88. The van der Waals surface area contributed by atoms with E-state index in [1.165, 1.54) is 23.9 Å². The smallest absolute Gasteiger partial charge is 0.214 e. The predicted octanol–water partition coefficient (Wildman–Crippen LogP) is 2.20. The number of rotatable bonds is 1. The maximum Gasteiger partial charge on any atom is 0.214 e. The number of aromatic nitrogens is 4. The maximum absolute atomic E-state index is 11.9. The quantitative estimate of drug-likeness (QED) is 0.640. The lowest BCUT2D eigenvalue weighted by Gasteiger charge is -2.07. The molecule has 0 saturated carbocycles. The van der Waals surface area contributed by atoms with Crippen molar-refractivity contribution in [3.8, 4) is 5.13 Å². The summed E-state index contributed by atoms with van der Waals surface area (Å²) in [5, 5.41) is 1.55. The van der Waals surface area contributed by atoms with Gasteiger partial charge in [0.05, 0.1) is 5.39 Å². The number of fused-ring (bicyclic) bond motifs is 1. The van der Waals surface area contributed by atoms with E-state index in [9.17, 15) is 4.79 Å². The van der Waals surface area contributed by atoms with Gasteiger partial charge in [0.1, 0.15) is 11.5 Å². The molecule has 0 saturated heterocycles. The Kier molecular flexibility index (Phi) is 2.61. The molecule has 0 spiro atoms. The first-order valence-corrected chi connectivity index (χ1v) is 6.27. The van der Waals surface area contributed by atoms with Crippen LogP contribution in [0.25, 0.3) is 16.2 Å². The summed E-state index contributed by atoms with van der Waals surface area (Å²) >= 11 is 7.18. The van der Waals surface area contributed by atoms with Gasteiger partial charge in [-0.05, 0) is 18.6 Å². The monoisotopic (exact) mass is 278 g/mol. The van der Waals surface area contributed by atoms with E-state index in [0.717, 1.165) is 5.56 Å². The highest BCUT2D eigenvalue weighted by molar-refractivity contribution is 7.08.